The van der Waals surface area contributed by atoms with Gasteiger partial charge < -0.3 is 14.8 Å². The number of halogens is 1. The van der Waals surface area contributed by atoms with E-state index in [0.717, 1.165) is 24.8 Å². The Hall–Kier alpha value is -3.22. The van der Waals surface area contributed by atoms with Gasteiger partial charge in [0.2, 0.25) is 5.91 Å². The molecule has 2 heterocycles. The number of nitrogens with one attached hydrogen (secondary N) is 1. The minimum atomic E-state index is -1.20. The normalized spacial score (nSPS) is 27.0. The molecule has 2 aliphatic rings. The van der Waals surface area contributed by atoms with E-state index in [0.29, 0.717) is 22.9 Å². The fourth-order valence-corrected chi connectivity index (χ4v) is 5.48. The largest absolute Gasteiger partial charge is 0.351 e. The fraction of sp³-hybridized carbons (Fsp3) is 0.444. The van der Waals surface area contributed by atoms with Crippen molar-refractivity contribution >= 4 is 22.8 Å². The summed E-state index contributed by atoms with van der Waals surface area (Å²) in [5, 5.41) is 3.27. The van der Waals surface area contributed by atoms with Crippen LogP contribution in [0.1, 0.15) is 56.2 Å². The van der Waals surface area contributed by atoms with Crippen LogP contribution in [0.3, 0.4) is 0 Å². The van der Waals surface area contributed by atoms with Gasteiger partial charge >= 0.3 is 0 Å². The predicted molar refractivity (Wildman–Crippen MR) is 129 cm³/mol. The summed E-state index contributed by atoms with van der Waals surface area (Å²) in [6.07, 6.45) is 3.16. The Morgan fingerprint density at radius 2 is 1.88 bits per heavy atom. The zero-order valence-corrected chi connectivity index (χ0v) is 19.9. The number of hydrogen-bond donors (Lipinski definition) is 1. The third-order valence-electron chi connectivity index (χ3n) is 7.95. The highest BCUT2D eigenvalue weighted by molar-refractivity contribution is 6.01. The first-order chi connectivity index (χ1) is 16.3. The summed E-state index contributed by atoms with van der Waals surface area (Å²) in [4.78, 5) is 33.7. The van der Waals surface area contributed by atoms with Crippen LogP contribution in [0.15, 0.2) is 48.5 Å². The summed E-state index contributed by atoms with van der Waals surface area (Å²) in [7, 11) is 0. The molecule has 178 valence electrons. The molecular weight excluding hydrogens is 431 g/mol. The van der Waals surface area contributed by atoms with Crippen LogP contribution in [-0.4, -0.2) is 37.8 Å². The molecule has 5 rings (SSSR count). The Morgan fingerprint density at radius 3 is 2.68 bits per heavy atom. The average molecular weight is 463 g/mol. The number of benzene rings is 2. The summed E-state index contributed by atoms with van der Waals surface area (Å²) in [6.45, 7) is 6.45. The first kappa shape index (κ1) is 22.6. The minimum absolute atomic E-state index is 0.00471. The summed E-state index contributed by atoms with van der Waals surface area (Å²) in [5.74, 6) is 0.193. The number of carbonyl (C=O) groups is 2. The first-order valence-electron chi connectivity index (χ1n) is 12.1. The van der Waals surface area contributed by atoms with Gasteiger partial charge in [0, 0.05) is 11.6 Å². The fourth-order valence-electron chi connectivity index (χ4n) is 5.48. The van der Waals surface area contributed by atoms with E-state index in [1.54, 1.807) is 25.1 Å². The van der Waals surface area contributed by atoms with Crippen LogP contribution >= 0.6 is 0 Å². The maximum atomic E-state index is 14.6. The van der Waals surface area contributed by atoms with Crippen molar-refractivity contribution in [1.29, 1.82) is 0 Å². The summed E-state index contributed by atoms with van der Waals surface area (Å²) >= 11 is 0. The summed E-state index contributed by atoms with van der Waals surface area (Å²) < 4.78 is 16.4. The maximum Gasteiger partial charge on any atom is 0.291 e. The third kappa shape index (κ3) is 3.67. The van der Waals surface area contributed by atoms with Crippen molar-refractivity contribution in [3.63, 3.8) is 0 Å². The number of nitrogens with zero attached hydrogens (tertiary/aromatic N) is 3. The van der Waals surface area contributed by atoms with Crippen molar-refractivity contribution in [2.24, 2.45) is 11.8 Å². The molecule has 2 amide bonds. The van der Waals surface area contributed by atoms with E-state index in [1.165, 1.54) is 11.0 Å². The Balaban J connectivity index is 1.55. The molecule has 1 aliphatic carbocycles. The van der Waals surface area contributed by atoms with Crippen molar-refractivity contribution in [3.05, 3.63) is 65.7 Å². The number of fused-ring (bicyclic) bond motifs is 3. The van der Waals surface area contributed by atoms with E-state index in [2.05, 4.69) is 24.1 Å². The van der Waals surface area contributed by atoms with Gasteiger partial charge in [-0.05, 0) is 43.4 Å². The van der Waals surface area contributed by atoms with Crippen molar-refractivity contribution in [3.8, 4) is 0 Å². The second-order valence-corrected chi connectivity index (χ2v) is 10.1. The Kier molecular flexibility index (Phi) is 5.66. The van der Waals surface area contributed by atoms with E-state index in [1.807, 2.05) is 28.8 Å². The van der Waals surface area contributed by atoms with Crippen molar-refractivity contribution in [1.82, 2.24) is 19.8 Å². The van der Waals surface area contributed by atoms with Crippen LogP contribution in [0, 0.1) is 17.7 Å². The molecule has 3 aromatic rings. The maximum absolute atomic E-state index is 14.6. The highest BCUT2D eigenvalue weighted by atomic mass is 19.1. The lowest BCUT2D eigenvalue weighted by molar-refractivity contribution is -0.134. The molecule has 2 aromatic carbocycles. The molecule has 0 unspecified atom stereocenters. The Morgan fingerprint density at radius 1 is 1.15 bits per heavy atom. The number of rotatable bonds is 4. The number of para-hydroxylation sites is 2. The van der Waals surface area contributed by atoms with E-state index >= 15 is 0 Å². The number of amides is 2. The number of carbonyl (C=O) groups excluding carboxylic acids is 2. The molecule has 1 N–H and O–H groups in total. The molecule has 7 heteroatoms. The van der Waals surface area contributed by atoms with E-state index in [9.17, 15) is 14.0 Å². The second kappa shape index (κ2) is 8.53. The van der Waals surface area contributed by atoms with Gasteiger partial charge in [-0.25, -0.2) is 9.37 Å². The molecular formula is C27H31FN4O2. The lowest BCUT2D eigenvalue weighted by Gasteiger charge is -2.45. The van der Waals surface area contributed by atoms with Crippen LogP contribution in [-0.2, 0) is 17.9 Å². The molecule has 34 heavy (non-hydrogen) atoms. The zero-order valence-electron chi connectivity index (χ0n) is 19.9. The van der Waals surface area contributed by atoms with Gasteiger partial charge in [0.1, 0.15) is 11.4 Å². The predicted octanol–water partition coefficient (Wildman–Crippen LogP) is 4.53. The molecule has 0 saturated heterocycles. The van der Waals surface area contributed by atoms with Gasteiger partial charge in [-0.2, -0.15) is 0 Å². The molecule has 1 aliphatic heterocycles. The van der Waals surface area contributed by atoms with Gasteiger partial charge in [0.15, 0.2) is 5.82 Å². The van der Waals surface area contributed by atoms with Gasteiger partial charge in [0.25, 0.3) is 5.91 Å². The van der Waals surface area contributed by atoms with Gasteiger partial charge in [-0.15, -0.1) is 0 Å². The first-order valence-corrected chi connectivity index (χ1v) is 12.1. The topological polar surface area (TPSA) is 67.2 Å². The second-order valence-electron chi connectivity index (χ2n) is 10.1. The van der Waals surface area contributed by atoms with Crippen molar-refractivity contribution in [2.75, 3.05) is 0 Å². The molecule has 0 bridgehead atoms. The Labute approximate surface area is 199 Å². The molecule has 1 fully saturated rings. The van der Waals surface area contributed by atoms with E-state index in [4.69, 9.17) is 0 Å². The highest BCUT2D eigenvalue weighted by Crippen LogP contribution is 2.34. The molecule has 4 atom stereocenters. The molecule has 6 nitrogen and oxygen atoms in total. The lowest BCUT2D eigenvalue weighted by atomic mass is 9.77. The SMILES string of the molecule is C[C@@H]1[C@H](C)CCC[C@@H]1NC(=O)[C@]1(C)Cn2c(nc3ccccc32)C(=O)N1Cc1ccccc1F. The molecule has 0 radical (unpaired) electrons. The van der Waals surface area contributed by atoms with Gasteiger partial charge in [0.05, 0.1) is 24.1 Å². The monoisotopic (exact) mass is 462 g/mol. The Bertz CT molecular complexity index is 1250. The van der Waals surface area contributed by atoms with Crippen molar-refractivity contribution in [2.45, 2.75) is 64.7 Å². The molecule has 0 spiro atoms. The quantitative estimate of drug-likeness (QED) is 0.619. The van der Waals surface area contributed by atoms with Crippen LogP contribution in [0.25, 0.3) is 11.0 Å². The van der Waals surface area contributed by atoms with Gasteiger partial charge in [-0.1, -0.05) is 57.0 Å². The lowest BCUT2D eigenvalue weighted by Crippen LogP contribution is -2.65. The third-order valence-corrected chi connectivity index (χ3v) is 7.95. The van der Waals surface area contributed by atoms with E-state index < -0.39 is 11.4 Å². The molecule has 1 aromatic heterocycles. The highest BCUT2D eigenvalue weighted by Gasteiger charge is 2.49. The number of imidazole rings is 1. The van der Waals surface area contributed by atoms with Crippen molar-refractivity contribution < 1.29 is 14.0 Å². The summed E-state index contributed by atoms with van der Waals surface area (Å²) in [6, 6.07) is 14.0. The van der Waals surface area contributed by atoms with Crippen LogP contribution in [0.4, 0.5) is 4.39 Å². The van der Waals surface area contributed by atoms with E-state index in [-0.39, 0.29) is 36.8 Å². The number of hydrogen-bond acceptors (Lipinski definition) is 3. The van der Waals surface area contributed by atoms with Crippen LogP contribution in [0.5, 0.6) is 0 Å². The minimum Gasteiger partial charge on any atom is -0.351 e. The zero-order chi connectivity index (χ0) is 24.0. The number of aromatic nitrogens is 2. The van der Waals surface area contributed by atoms with Crippen LogP contribution < -0.4 is 5.32 Å². The van der Waals surface area contributed by atoms with Crippen LogP contribution in [0.2, 0.25) is 0 Å². The average Bonchev–Trinajstić information content (AvgIpc) is 3.19. The molecule has 1 saturated carbocycles. The summed E-state index contributed by atoms with van der Waals surface area (Å²) in [5.41, 5.74) is 0.696. The van der Waals surface area contributed by atoms with Gasteiger partial charge in [-0.3, -0.25) is 9.59 Å². The smallest absolute Gasteiger partial charge is 0.291 e. The standard InChI is InChI=1S/C27H31FN4O2/c1-17-9-8-13-21(18(17)2)30-26(34)27(3)16-31-23-14-7-6-12-22(23)29-24(31)25(33)32(27)15-19-10-4-5-11-20(19)28/h4-7,10-12,14,17-18,21H,8-9,13,15-16H2,1-3H3,(H,30,34)/t17-,18-,21+,27+/m1/s1.